The average molecular weight is 725 g/mol. The molecular weight excluding hydrogens is 688 g/mol. The first-order chi connectivity index (χ1) is 24.1. The molecule has 262 valence electrons. The highest BCUT2D eigenvalue weighted by Gasteiger charge is 2.37. The maximum atomic E-state index is 13.9. The van der Waals surface area contributed by atoms with Crippen LogP contribution < -0.4 is 19.1 Å². The van der Waals surface area contributed by atoms with Crippen molar-refractivity contribution >= 4 is 41.0 Å². The molecule has 13 heteroatoms. The summed E-state index contributed by atoms with van der Waals surface area (Å²) < 4.78 is 37.3. The second kappa shape index (κ2) is 15.5. The summed E-state index contributed by atoms with van der Waals surface area (Å²) in [5.74, 6) is 0.115. The number of carbonyl (C=O) groups excluding carboxylic acids is 2. The topological polar surface area (TPSA) is 104 Å². The lowest BCUT2D eigenvalue weighted by Gasteiger charge is -2.44. The number of fused-ring (bicyclic) bond motifs is 3. The number of rotatable bonds is 11. The summed E-state index contributed by atoms with van der Waals surface area (Å²) in [6.45, 7) is 2.74. The van der Waals surface area contributed by atoms with E-state index in [9.17, 15) is 19.2 Å². The Balaban J connectivity index is 1.26. The zero-order valence-corrected chi connectivity index (χ0v) is 29.0. The van der Waals surface area contributed by atoms with E-state index in [4.69, 9.17) is 42.1 Å². The van der Waals surface area contributed by atoms with Crippen LogP contribution in [0.3, 0.4) is 0 Å². The molecule has 1 amide bonds. The van der Waals surface area contributed by atoms with Crippen LogP contribution >= 0.6 is 23.2 Å². The van der Waals surface area contributed by atoms with Gasteiger partial charge in [-0.3, -0.25) is 9.80 Å². The lowest BCUT2D eigenvalue weighted by atomic mass is 9.86. The van der Waals surface area contributed by atoms with Gasteiger partial charge in [-0.25, -0.2) is 14.0 Å². The molecule has 4 heterocycles. The van der Waals surface area contributed by atoms with Crippen LogP contribution in [0.15, 0.2) is 79.1 Å². The monoisotopic (exact) mass is 723 g/mol. The van der Waals surface area contributed by atoms with E-state index in [0.29, 0.717) is 51.1 Å². The number of benzene rings is 3. The number of hydrogen-bond donors (Lipinski definition) is 0. The highest BCUT2D eigenvalue weighted by molar-refractivity contribution is 6.35. The largest absolute Gasteiger partial charge is 0.619 e. The van der Waals surface area contributed by atoms with Crippen molar-refractivity contribution in [2.24, 2.45) is 5.92 Å². The number of ether oxygens (including phenoxy) is 4. The Morgan fingerprint density at radius 1 is 0.980 bits per heavy atom. The van der Waals surface area contributed by atoms with Gasteiger partial charge in [-0.15, -0.1) is 0 Å². The number of amides is 1. The van der Waals surface area contributed by atoms with Gasteiger partial charge < -0.3 is 24.2 Å². The molecule has 7 rings (SSSR count). The van der Waals surface area contributed by atoms with Gasteiger partial charge in [-0.05, 0) is 91.5 Å². The number of hydrogen-bond acceptors (Lipinski definition) is 8. The smallest absolute Gasteiger partial charge is 0.414 e. The Kier molecular flexibility index (Phi) is 11.0. The van der Waals surface area contributed by atoms with E-state index in [1.807, 2.05) is 0 Å². The predicted octanol–water partition coefficient (Wildman–Crippen LogP) is 7.16. The molecule has 0 N–H and O–H groups in total. The lowest BCUT2D eigenvalue weighted by Crippen LogP contribution is -2.53. The quantitative estimate of drug-likeness (QED) is 0.0913. The molecule has 2 atom stereocenters. The number of halogens is 3. The maximum absolute atomic E-state index is 13.9. The summed E-state index contributed by atoms with van der Waals surface area (Å²) in [5.41, 5.74) is 2.27. The van der Waals surface area contributed by atoms with Crippen molar-refractivity contribution in [1.82, 2.24) is 4.90 Å². The predicted molar refractivity (Wildman–Crippen MR) is 185 cm³/mol. The van der Waals surface area contributed by atoms with Gasteiger partial charge in [0.25, 0.3) is 0 Å². The number of esters is 1. The number of methoxy groups -OCH3 is 2. The van der Waals surface area contributed by atoms with Crippen molar-refractivity contribution in [2.45, 2.75) is 38.0 Å². The fourth-order valence-corrected chi connectivity index (χ4v) is 7.09. The molecule has 3 aromatic carbocycles. The zero-order valence-electron chi connectivity index (χ0n) is 27.5. The number of pyridine rings is 1. The fraction of sp³-hybridized carbons (Fsp3) is 0.324. The third kappa shape index (κ3) is 8.07. The van der Waals surface area contributed by atoms with Gasteiger partial charge >= 0.3 is 12.1 Å². The van der Waals surface area contributed by atoms with Crippen molar-refractivity contribution < 1.29 is 37.7 Å². The van der Waals surface area contributed by atoms with Crippen molar-refractivity contribution in [3.8, 4) is 11.5 Å². The van der Waals surface area contributed by atoms with E-state index in [0.717, 1.165) is 25.9 Å². The summed E-state index contributed by atoms with van der Waals surface area (Å²) in [6.07, 6.45) is 2.66. The van der Waals surface area contributed by atoms with Crippen LogP contribution in [0.2, 0.25) is 10.0 Å². The highest BCUT2D eigenvalue weighted by Crippen LogP contribution is 2.36. The Hall–Kier alpha value is -4.58. The molecule has 50 heavy (non-hydrogen) atoms. The van der Waals surface area contributed by atoms with E-state index in [2.05, 4.69) is 4.90 Å². The van der Waals surface area contributed by atoms with E-state index < -0.39 is 24.0 Å². The molecule has 0 spiro atoms. The molecule has 3 aliphatic heterocycles. The SMILES string of the molecule is COc1ccc([C@H](Cc2c(Cl)c[n+]([O-])cc2Cl)OC(=O)c2cccc(CN(C(=O)O[C@H]3CN4CCC3CC4)c3ccc(F)cc3)c2)cc1OC. The van der Waals surface area contributed by atoms with Crippen LogP contribution in [-0.2, 0) is 22.4 Å². The van der Waals surface area contributed by atoms with Crippen molar-refractivity contribution in [1.29, 1.82) is 0 Å². The molecule has 0 saturated carbocycles. The summed E-state index contributed by atoms with van der Waals surface area (Å²) in [4.78, 5) is 31.2. The molecule has 10 nitrogen and oxygen atoms in total. The zero-order chi connectivity index (χ0) is 35.4. The summed E-state index contributed by atoms with van der Waals surface area (Å²) >= 11 is 12.8. The lowest BCUT2D eigenvalue weighted by molar-refractivity contribution is -0.605. The summed E-state index contributed by atoms with van der Waals surface area (Å²) in [7, 11) is 3.01. The third-order valence-corrected chi connectivity index (χ3v) is 9.84. The molecule has 0 aliphatic carbocycles. The summed E-state index contributed by atoms with van der Waals surface area (Å²) in [5, 5.41) is 12.1. The number of anilines is 1. The maximum Gasteiger partial charge on any atom is 0.414 e. The van der Waals surface area contributed by atoms with Crippen LogP contribution in [0, 0.1) is 16.9 Å². The van der Waals surface area contributed by atoms with E-state index >= 15 is 0 Å². The Morgan fingerprint density at radius 3 is 2.32 bits per heavy atom. The molecule has 0 unspecified atom stereocenters. The minimum atomic E-state index is -0.907. The minimum Gasteiger partial charge on any atom is -0.619 e. The van der Waals surface area contributed by atoms with Crippen LogP contribution in [0.25, 0.3) is 0 Å². The summed E-state index contributed by atoms with van der Waals surface area (Å²) in [6, 6.07) is 17.4. The van der Waals surface area contributed by atoms with Crippen molar-refractivity contribution in [3.63, 3.8) is 0 Å². The highest BCUT2D eigenvalue weighted by atomic mass is 35.5. The van der Waals surface area contributed by atoms with Crippen LogP contribution in [0.4, 0.5) is 14.9 Å². The van der Waals surface area contributed by atoms with Crippen LogP contribution in [0.1, 0.15) is 46.0 Å². The normalized spacial score (nSPS) is 18.6. The first-order valence-corrected chi connectivity index (χ1v) is 16.9. The van der Waals surface area contributed by atoms with Crippen LogP contribution in [0.5, 0.6) is 11.5 Å². The average Bonchev–Trinajstić information content (AvgIpc) is 3.12. The number of aromatic nitrogens is 1. The standard InChI is InChI=1S/C37H36Cl2FN3O7/c1-47-32-11-6-25(17-34(32)48-2)33(18-29-30(38)20-42(46)21-31(29)39)49-36(44)26-5-3-4-23(16-26)19-43(28-9-7-27(40)8-10-28)37(45)50-35-22-41-14-12-24(35)13-15-41/h3-11,16-17,20-21,24,33,35H,12-15,18-19,22H2,1-2H3/t33-,35-/m0/s1. The Morgan fingerprint density at radius 2 is 1.68 bits per heavy atom. The first-order valence-electron chi connectivity index (χ1n) is 16.2. The Labute approximate surface area is 299 Å². The van der Waals surface area contributed by atoms with Gasteiger partial charge in [0.15, 0.2) is 23.9 Å². The van der Waals surface area contributed by atoms with Gasteiger partial charge in [0.2, 0.25) is 0 Å². The molecule has 3 saturated heterocycles. The second-order valence-electron chi connectivity index (χ2n) is 12.3. The van der Waals surface area contributed by atoms with Crippen LogP contribution in [-0.4, -0.2) is 56.9 Å². The van der Waals surface area contributed by atoms with Crippen molar-refractivity contribution in [3.05, 3.63) is 122 Å². The van der Waals surface area contributed by atoms with Crippen molar-refractivity contribution in [2.75, 3.05) is 38.8 Å². The first kappa shape index (κ1) is 35.3. The number of nitrogens with zero attached hydrogens (tertiary/aromatic N) is 3. The molecule has 1 aromatic heterocycles. The third-order valence-electron chi connectivity index (χ3n) is 9.19. The number of piperidine rings is 3. The van der Waals surface area contributed by atoms with E-state index in [1.54, 1.807) is 42.5 Å². The molecule has 4 aromatic rings. The molecule has 2 bridgehead atoms. The molecule has 0 radical (unpaired) electrons. The second-order valence-corrected chi connectivity index (χ2v) is 13.1. The molecule has 3 fully saturated rings. The van der Waals surface area contributed by atoms with Gasteiger partial charge in [0, 0.05) is 24.2 Å². The van der Waals surface area contributed by atoms with E-state index in [1.165, 1.54) is 55.8 Å². The van der Waals surface area contributed by atoms with Gasteiger partial charge in [0.05, 0.1) is 26.3 Å². The number of carbonyl (C=O) groups is 2. The van der Waals surface area contributed by atoms with Gasteiger partial charge in [-0.2, -0.15) is 4.73 Å². The molecular formula is C37H36Cl2FN3O7. The Bertz CT molecular complexity index is 1830. The van der Waals surface area contributed by atoms with Gasteiger partial charge in [0.1, 0.15) is 28.1 Å². The molecule has 3 aliphatic rings. The fourth-order valence-electron chi connectivity index (χ4n) is 6.49. The van der Waals surface area contributed by atoms with E-state index in [-0.39, 0.29) is 34.7 Å². The van der Waals surface area contributed by atoms with Gasteiger partial charge in [-0.1, -0.05) is 41.4 Å². The minimum absolute atomic E-state index is 0.0448.